The standard InChI is InChI=1S/2C22H27N3O5S/c2*1-6-29-20(28)24-22(14-10-7-8-11-15(14)25(5)18(22)26)17(16-12-9-13-31-16)23-19(27)30-21(2,3)4/h2*7-13,17H,6H2,1-5H3,(H,23,27)(H,24,28)/t2*17-,22-/m00/s1. The van der Waals surface area contributed by atoms with Crippen molar-refractivity contribution in [1.29, 1.82) is 0 Å². The summed E-state index contributed by atoms with van der Waals surface area (Å²) >= 11 is 2.72. The molecule has 2 aliphatic rings. The number of benzene rings is 2. The lowest BCUT2D eigenvalue weighted by molar-refractivity contribution is -0.125. The number of nitrogens with zero attached hydrogens (tertiary/aromatic N) is 2. The molecule has 4 heterocycles. The molecular formula is C44H54N6O10S2. The zero-order valence-electron chi connectivity index (χ0n) is 36.4. The molecule has 0 aliphatic carbocycles. The zero-order valence-corrected chi connectivity index (χ0v) is 38.1. The Balaban J connectivity index is 0.000000234. The highest BCUT2D eigenvalue weighted by atomic mass is 32.1. The van der Waals surface area contributed by atoms with E-state index >= 15 is 0 Å². The summed E-state index contributed by atoms with van der Waals surface area (Å²) in [5.74, 6) is -0.785. The molecule has 62 heavy (non-hydrogen) atoms. The van der Waals surface area contributed by atoms with Crippen LogP contribution in [-0.2, 0) is 39.6 Å². The molecule has 0 spiro atoms. The van der Waals surface area contributed by atoms with E-state index in [-0.39, 0.29) is 13.2 Å². The van der Waals surface area contributed by atoms with Crippen molar-refractivity contribution in [3.8, 4) is 0 Å². The van der Waals surface area contributed by atoms with Crippen LogP contribution in [0.3, 0.4) is 0 Å². The number of carbonyl (C=O) groups excluding carboxylic acids is 6. The van der Waals surface area contributed by atoms with E-state index in [1.807, 2.05) is 35.0 Å². The van der Waals surface area contributed by atoms with E-state index in [2.05, 4.69) is 21.3 Å². The Labute approximate surface area is 369 Å². The summed E-state index contributed by atoms with van der Waals surface area (Å²) in [6, 6.07) is 19.7. The van der Waals surface area contributed by atoms with Crippen LogP contribution in [0, 0.1) is 0 Å². The number of alkyl carbamates (subject to hydrolysis) is 4. The van der Waals surface area contributed by atoms with Gasteiger partial charge in [-0.05, 0) is 90.4 Å². The largest absolute Gasteiger partial charge is 0.450 e. The number of ether oxygens (including phenoxy) is 4. The lowest BCUT2D eigenvalue weighted by atomic mass is 9.82. The van der Waals surface area contributed by atoms with Gasteiger partial charge in [-0.2, -0.15) is 0 Å². The number of thiophene rings is 2. The average Bonchev–Trinajstić information content (AvgIpc) is 4.00. The number of rotatable bonds is 10. The van der Waals surface area contributed by atoms with E-state index in [4.69, 9.17) is 18.9 Å². The first kappa shape index (κ1) is 46.9. The minimum absolute atomic E-state index is 0.136. The molecule has 16 nitrogen and oxygen atoms in total. The van der Waals surface area contributed by atoms with Gasteiger partial charge in [-0.3, -0.25) is 9.59 Å². The molecule has 0 radical (unpaired) electrons. The summed E-state index contributed by atoms with van der Waals surface area (Å²) in [5.41, 5.74) is -2.30. The average molecular weight is 891 g/mol. The van der Waals surface area contributed by atoms with Crippen LogP contribution in [-0.4, -0.2) is 74.7 Å². The molecule has 4 N–H and O–H groups in total. The Hall–Kier alpha value is -6.14. The van der Waals surface area contributed by atoms with Crippen molar-refractivity contribution in [3.63, 3.8) is 0 Å². The van der Waals surface area contributed by atoms with E-state index in [1.165, 1.54) is 32.5 Å². The quantitative estimate of drug-likeness (QED) is 0.114. The van der Waals surface area contributed by atoms with Gasteiger partial charge >= 0.3 is 24.4 Å². The molecule has 6 amide bonds. The molecule has 4 aromatic rings. The summed E-state index contributed by atoms with van der Waals surface area (Å²) in [7, 11) is 3.27. The molecule has 6 rings (SSSR count). The molecule has 0 unspecified atom stereocenters. The number of para-hydroxylation sites is 2. The fraction of sp³-hybridized carbons (Fsp3) is 0.409. The summed E-state index contributed by atoms with van der Waals surface area (Å²) in [6.45, 7) is 14.1. The molecule has 2 aromatic carbocycles. The first-order valence-electron chi connectivity index (χ1n) is 19.9. The molecule has 0 saturated heterocycles. The monoisotopic (exact) mass is 890 g/mol. The molecule has 2 aliphatic heterocycles. The van der Waals surface area contributed by atoms with E-state index in [1.54, 1.807) is 118 Å². The predicted molar refractivity (Wildman–Crippen MR) is 236 cm³/mol. The van der Waals surface area contributed by atoms with Gasteiger partial charge < -0.3 is 50.0 Å². The van der Waals surface area contributed by atoms with Crippen LogP contribution in [0.25, 0.3) is 0 Å². The molecule has 0 bridgehead atoms. The Morgan fingerprint density at radius 1 is 0.581 bits per heavy atom. The number of fused-ring (bicyclic) bond motifs is 2. The molecule has 0 fully saturated rings. The minimum Gasteiger partial charge on any atom is -0.450 e. The summed E-state index contributed by atoms with van der Waals surface area (Å²) in [4.78, 5) is 82.5. The van der Waals surface area contributed by atoms with Crippen molar-refractivity contribution in [2.75, 3.05) is 37.1 Å². The second-order valence-corrected chi connectivity index (χ2v) is 18.2. The summed E-state index contributed by atoms with van der Waals surface area (Å²) in [5, 5.41) is 14.9. The Morgan fingerprint density at radius 2 is 0.935 bits per heavy atom. The summed E-state index contributed by atoms with van der Waals surface area (Å²) in [6.07, 6.45) is -2.91. The number of hydrogen-bond donors (Lipinski definition) is 4. The second-order valence-electron chi connectivity index (χ2n) is 16.3. The van der Waals surface area contributed by atoms with Crippen LogP contribution < -0.4 is 31.1 Å². The second kappa shape index (κ2) is 18.9. The van der Waals surface area contributed by atoms with E-state index in [9.17, 15) is 28.8 Å². The van der Waals surface area contributed by atoms with Gasteiger partial charge in [0.1, 0.15) is 23.3 Å². The Morgan fingerprint density at radius 3 is 1.24 bits per heavy atom. The zero-order chi connectivity index (χ0) is 45.6. The van der Waals surface area contributed by atoms with Crippen LogP contribution in [0.2, 0.25) is 0 Å². The van der Waals surface area contributed by atoms with Gasteiger partial charge in [-0.1, -0.05) is 48.5 Å². The van der Waals surface area contributed by atoms with Crippen molar-refractivity contribution in [3.05, 3.63) is 104 Å². The highest BCUT2D eigenvalue weighted by molar-refractivity contribution is 7.10. The maximum atomic E-state index is 13.7. The van der Waals surface area contributed by atoms with Crippen LogP contribution in [0.5, 0.6) is 0 Å². The van der Waals surface area contributed by atoms with Gasteiger partial charge in [0.05, 0.1) is 13.2 Å². The normalized spacial score (nSPS) is 18.9. The fourth-order valence-electron chi connectivity index (χ4n) is 7.33. The highest BCUT2D eigenvalue weighted by Gasteiger charge is 2.59. The number of likely N-dealkylation sites (N-methyl/N-ethyl adjacent to an activating group) is 2. The number of hydrogen-bond acceptors (Lipinski definition) is 12. The van der Waals surface area contributed by atoms with Crippen LogP contribution >= 0.6 is 22.7 Å². The first-order chi connectivity index (χ1) is 29.2. The summed E-state index contributed by atoms with van der Waals surface area (Å²) < 4.78 is 21.2. The third-order valence-corrected chi connectivity index (χ3v) is 11.5. The SMILES string of the molecule is CCOC(=O)N[C@@]1([C@@H](NC(=O)OC(C)(C)C)c2cccs2)C(=O)N(C)c2ccccc21.CCOC(=O)N[C@@]1([C@@H](NC(=O)OC(C)(C)C)c2cccs2)C(=O)N(C)c2ccccc21. The van der Waals surface area contributed by atoms with Crippen LogP contribution in [0.1, 0.15) is 88.4 Å². The van der Waals surface area contributed by atoms with E-state index < -0.39 is 70.6 Å². The first-order valence-corrected chi connectivity index (χ1v) is 21.7. The van der Waals surface area contributed by atoms with Crippen molar-refractivity contribution in [2.24, 2.45) is 0 Å². The maximum absolute atomic E-state index is 13.7. The molecule has 0 saturated carbocycles. The van der Waals surface area contributed by atoms with E-state index in [0.29, 0.717) is 32.3 Å². The van der Waals surface area contributed by atoms with Crippen molar-refractivity contribution >= 4 is 70.2 Å². The molecular weight excluding hydrogens is 837 g/mol. The molecule has 4 atom stereocenters. The fourth-order valence-corrected chi connectivity index (χ4v) is 9.01. The van der Waals surface area contributed by atoms with Gasteiger partial charge in [0.2, 0.25) is 0 Å². The lowest BCUT2D eigenvalue weighted by Crippen LogP contribution is -2.60. The van der Waals surface area contributed by atoms with Crippen molar-refractivity contribution < 1.29 is 47.7 Å². The number of nitrogens with one attached hydrogen (secondary N) is 4. The number of anilines is 2. The number of amides is 6. The van der Waals surface area contributed by atoms with Crippen molar-refractivity contribution in [2.45, 2.75) is 89.8 Å². The highest BCUT2D eigenvalue weighted by Crippen LogP contribution is 2.49. The molecule has 18 heteroatoms. The van der Waals surface area contributed by atoms with Gasteiger partial charge in [-0.25, -0.2) is 19.2 Å². The smallest absolute Gasteiger partial charge is 0.408 e. The number of carbonyl (C=O) groups is 6. The minimum atomic E-state index is -1.61. The predicted octanol–water partition coefficient (Wildman–Crippen LogP) is 7.86. The van der Waals surface area contributed by atoms with Gasteiger partial charge in [0.25, 0.3) is 11.8 Å². The van der Waals surface area contributed by atoms with Crippen molar-refractivity contribution in [1.82, 2.24) is 21.3 Å². The molecule has 2 aromatic heterocycles. The Bertz CT molecular complexity index is 2100. The van der Waals surface area contributed by atoms with Gasteiger partial charge in [0, 0.05) is 46.4 Å². The van der Waals surface area contributed by atoms with Crippen LogP contribution in [0.4, 0.5) is 30.6 Å². The topological polar surface area (TPSA) is 194 Å². The Kier molecular flexibility index (Phi) is 14.3. The third-order valence-electron chi connectivity index (χ3n) is 9.66. The molecule has 332 valence electrons. The van der Waals surface area contributed by atoms with E-state index in [0.717, 1.165) is 0 Å². The van der Waals surface area contributed by atoms with Gasteiger partial charge in [-0.15, -0.1) is 22.7 Å². The van der Waals surface area contributed by atoms with Crippen LogP contribution in [0.15, 0.2) is 83.6 Å². The van der Waals surface area contributed by atoms with Gasteiger partial charge in [0.15, 0.2) is 11.1 Å². The maximum Gasteiger partial charge on any atom is 0.408 e. The third kappa shape index (κ3) is 9.81. The lowest BCUT2D eigenvalue weighted by Gasteiger charge is -2.37.